The van der Waals surface area contributed by atoms with Crippen molar-refractivity contribution in [3.63, 3.8) is 0 Å². The van der Waals surface area contributed by atoms with Crippen LogP contribution in [-0.2, 0) is 17.8 Å². The number of anilines is 1. The molecule has 5 nitrogen and oxygen atoms in total. The van der Waals surface area contributed by atoms with Gasteiger partial charge in [0.25, 0.3) is 0 Å². The van der Waals surface area contributed by atoms with Crippen LogP contribution in [0.5, 0.6) is 11.5 Å². The Hall–Kier alpha value is -2.40. The smallest absolute Gasteiger partial charge is 0.224 e. The summed E-state index contributed by atoms with van der Waals surface area (Å²) in [5.74, 6) is 1.38. The first-order valence-corrected chi connectivity index (χ1v) is 8.53. The van der Waals surface area contributed by atoms with Gasteiger partial charge in [-0.05, 0) is 41.8 Å². The molecule has 6 heteroatoms. The molecule has 0 saturated carbocycles. The summed E-state index contributed by atoms with van der Waals surface area (Å²) in [4.78, 5) is 12.1. The molecule has 26 heavy (non-hydrogen) atoms. The molecule has 2 aromatic rings. The molecule has 0 aliphatic carbocycles. The number of carbonyl (C=O) groups excluding carboxylic acids is 1. The standard InChI is InChI=1S/C20H26N2O3.ClH/c1-3-4-11-25-18-10-7-16(12-19(18)24-2)14-22-20(23)13-15-5-8-17(21)9-6-15;/h5-10,12H,3-4,11,13-14,21H2,1-2H3,(H,22,23);1H. The van der Waals surface area contributed by atoms with Crippen LogP contribution >= 0.6 is 12.4 Å². The summed E-state index contributed by atoms with van der Waals surface area (Å²) in [6.45, 7) is 3.24. The van der Waals surface area contributed by atoms with E-state index in [0.717, 1.165) is 29.7 Å². The second-order valence-electron chi connectivity index (χ2n) is 5.88. The number of nitrogens with two attached hydrogens (primary N) is 1. The van der Waals surface area contributed by atoms with E-state index in [0.29, 0.717) is 31.0 Å². The van der Waals surface area contributed by atoms with E-state index < -0.39 is 0 Å². The minimum absolute atomic E-state index is 0. The fourth-order valence-corrected chi connectivity index (χ4v) is 2.35. The number of nitrogen functional groups attached to an aromatic ring is 1. The van der Waals surface area contributed by atoms with Gasteiger partial charge in [-0.1, -0.05) is 31.5 Å². The van der Waals surface area contributed by atoms with Gasteiger partial charge in [-0.25, -0.2) is 0 Å². The molecule has 1 amide bonds. The third kappa shape index (κ3) is 6.84. The molecule has 0 heterocycles. The Morgan fingerprint density at radius 2 is 1.77 bits per heavy atom. The average molecular weight is 379 g/mol. The number of carbonyl (C=O) groups is 1. The molecule has 3 N–H and O–H groups in total. The van der Waals surface area contributed by atoms with Gasteiger partial charge in [-0.3, -0.25) is 4.79 Å². The predicted octanol–water partition coefficient (Wildman–Crippen LogP) is 3.74. The van der Waals surface area contributed by atoms with E-state index in [1.165, 1.54) is 0 Å². The van der Waals surface area contributed by atoms with Crippen molar-refractivity contribution in [1.29, 1.82) is 0 Å². The Morgan fingerprint density at radius 3 is 2.42 bits per heavy atom. The third-order valence-corrected chi connectivity index (χ3v) is 3.82. The number of unbranched alkanes of at least 4 members (excludes halogenated alkanes) is 1. The maximum absolute atomic E-state index is 12.1. The number of hydrogen-bond acceptors (Lipinski definition) is 4. The van der Waals surface area contributed by atoms with Crippen LogP contribution in [0.2, 0.25) is 0 Å². The molecule has 2 rings (SSSR count). The first-order valence-electron chi connectivity index (χ1n) is 8.53. The fourth-order valence-electron chi connectivity index (χ4n) is 2.35. The quantitative estimate of drug-likeness (QED) is 0.515. The lowest BCUT2D eigenvalue weighted by Crippen LogP contribution is -2.24. The molecule has 0 aliphatic rings. The zero-order chi connectivity index (χ0) is 18.1. The molecule has 2 aromatic carbocycles. The molecule has 0 saturated heterocycles. The van der Waals surface area contributed by atoms with Crippen molar-refractivity contribution in [2.75, 3.05) is 19.5 Å². The number of amides is 1. The average Bonchev–Trinajstić information content (AvgIpc) is 2.62. The summed E-state index contributed by atoms with van der Waals surface area (Å²) < 4.78 is 11.1. The maximum Gasteiger partial charge on any atom is 0.224 e. The van der Waals surface area contributed by atoms with Crippen molar-refractivity contribution in [3.8, 4) is 11.5 Å². The van der Waals surface area contributed by atoms with E-state index in [2.05, 4.69) is 12.2 Å². The normalized spacial score (nSPS) is 9.92. The van der Waals surface area contributed by atoms with Crippen molar-refractivity contribution in [2.24, 2.45) is 0 Å². The van der Waals surface area contributed by atoms with Crippen LogP contribution in [0.1, 0.15) is 30.9 Å². The lowest BCUT2D eigenvalue weighted by Gasteiger charge is -2.12. The van der Waals surface area contributed by atoms with E-state index in [1.54, 1.807) is 19.2 Å². The Kier molecular flexibility index (Phi) is 9.37. The second-order valence-corrected chi connectivity index (χ2v) is 5.88. The van der Waals surface area contributed by atoms with Crippen LogP contribution in [0.25, 0.3) is 0 Å². The first kappa shape index (κ1) is 21.6. The predicted molar refractivity (Wildman–Crippen MR) is 107 cm³/mol. The lowest BCUT2D eigenvalue weighted by molar-refractivity contribution is -0.120. The van der Waals surface area contributed by atoms with Crippen LogP contribution in [0.15, 0.2) is 42.5 Å². The molecule has 0 aromatic heterocycles. The molecule has 0 bridgehead atoms. The van der Waals surface area contributed by atoms with Crippen LogP contribution in [-0.4, -0.2) is 19.6 Å². The highest BCUT2D eigenvalue weighted by Gasteiger charge is 2.08. The summed E-state index contributed by atoms with van der Waals surface area (Å²) in [6, 6.07) is 13.0. The monoisotopic (exact) mass is 378 g/mol. The van der Waals surface area contributed by atoms with Crippen LogP contribution in [0.4, 0.5) is 5.69 Å². The molecule has 0 fully saturated rings. The Balaban J connectivity index is 0.00000338. The highest BCUT2D eigenvalue weighted by molar-refractivity contribution is 5.85. The van der Waals surface area contributed by atoms with E-state index in [1.807, 2.05) is 30.3 Å². The minimum Gasteiger partial charge on any atom is -0.493 e. The van der Waals surface area contributed by atoms with Gasteiger partial charge in [-0.2, -0.15) is 0 Å². The number of ether oxygens (including phenoxy) is 2. The SMILES string of the molecule is CCCCOc1ccc(CNC(=O)Cc2ccc(N)cc2)cc1OC.Cl. The molecule has 0 aliphatic heterocycles. The van der Waals surface area contributed by atoms with Crippen molar-refractivity contribution >= 4 is 24.0 Å². The molecule has 0 spiro atoms. The van der Waals surface area contributed by atoms with E-state index in [4.69, 9.17) is 15.2 Å². The number of methoxy groups -OCH3 is 1. The summed E-state index contributed by atoms with van der Waals surface area (Å²) >= 11 is 0. The van der Waals surface area contributed by atoms with E-state index in [-0.39, 0.29) is 18.3 Å². The maximum atomic E-state index is 12.1. The summed E-state index contributed by atoms with van der Waals surface area (Å²) in [5, 5.41) is 2.92. The van der Waals surface area contributed by atoms with Gasteiger partial charge in [0.2, 0.25) is 5.91 Å². The van der Waals surface area contributed by atoms with E-state index in [9.17, 15) is 4.79 Å². The minimum atomic E-state index is -0.0352. The van der Waals surface area contributed by atoms with Crippen LogP contribution in [0, 0.1) is 0 Å². The molecule has 0 atom stereocenters. The van der Waals surface area contributed by atoms with E-state index >= 15 is 0 Å². The van der Waals surface area contributed by atoms with Crippen LogP contribution in [0.3, 0.4) is 0 Å². The Bertz CT molecular complexity index is 690. The number of hydrogen-bond donors (Lipinski definition) is 2. The van der Waals surface area contributed by atoms with Gasteiger partial charge in [0, 0.05) is 12.2 Å². The molecule has 0 radical (unpaired) electrons. The Morgan fingerprint density at radius 1 is 1.08 bits per heavy atom. The second kappa shape index (κ2) is 11.3. The zero-order valence-corrected chi connectivity index (χ0v) is 16.1. The van der Waals surface area contributed by atoms with Gasteiger partial charge in [0.15, 0.2) is 11.5 Å². The van der Waals surface area contributed by atoms with Crippen LogP contribution < -0.4 is 20.5 Å². The van der Waals surface area contributed by atoms with Gasteiger partial charge in [-0.15, -0.1) is 12.4 Å². The number of nitrogens with one attached hydrogen (secondary N) is 1. The summed E-state index contributed by atoms with van der Waals surface area (Å²) in [6.07, 6.45) is 2.42. The number of rotatable bonds is 9. The highest BCUT2D eigenvalue weighted by atomic mass is 35.5. The Labute approximate surface area is 161 Å². The topological polar surface area (TPSA) is 73.6 Å². The highest BCUT2D eigenvalue weighted by Crippen LogP contribution is 2.28. The molecule has 142 valence electrons. The summed E-state index contributed by atoms with van der Waals surface area (Å²) in [5.41, 5.74) is 8.24. The zero-order valence-electron chi connectivity index (χ0n) is 15.3. The fraction of sp³-hybridized carbons (Fsp3) is 0.350. The van der Waals surface area contributed by atoms with Crippen molar-refractivity contribution in [3.05, 3.63) is 53.6 Å². The van der Waals surface area contributed by atoms with Crippen molar-refractivity contribution < 1.29 is 14.3 Å². The molecule has 0 unspecified atom stereocenters. The molecular weight excluding hydrogens is 352 g/mol. The lowest BCUT2D eigenvalue weighted by atomic mass is 10.1. The van der Waals surface area contributed by atoms with Gasteiger partial charge in [0.05, 0.1) is 20.1 Å². The van der Waals surface area contributed by atoms with Gasteiger partial charge in [0.1, 0.15) is 0 Å². The largest absolute Gasteiger partial charge is 0.493 e. The third-order valence-electron chi connectivity index (χ3n) is 3.82. The number of halogens is 1. The first-order chi connectivity index (χ1) is 12.1. The molecular formula is C20H27ClN2O3. The van der Waals surface area contributed by atoms with Crippen molar-refractivity contribution in [1.82, 2.24) is 5.32 Å². The number of benzene rings is 2. The van der Waals surface area contributed by atoms with Gasteiger partial charge >= 0.3 is 0 Å². The van der Waals surface area contributed by atoms with Crippen molar-refractivity contribution in [2.45, 2.75) is 32.7 Å². The van der Waals surface area contributed by atoms with Gasteiger partial charge < -0.3 is 20.5 Å². The summed E-state index contributed by atoms with van der Waals surface area (Å²) in [7, 11) is 1.62.